The van der Waals surface area contributed by atoms with Gasteiger partial charge in [0.1, 0.15) is 0 Å². The second-order valence-corrected chi connectivity index (χ2v) is 12.2. The third-order valence-corrected chi connectivity index (χ3v) is 8.98. The molecule has 5 rings (SSSR count). The Labute approximate surface area is 278 Å². The van der Waals surface area contributed by atoms with Crippen molar-refractivity contribution in [2.75, 3.05) is 0 Å². The third-order valence-electron chi connectivity index (χ3n) is 8.98. The first kappa shape index (κ1) is 34.0. The summed E-state index contributed by atoms with van der Waals surface area (Å²) in [7, 11) is 0. The van der Waals surface area contributed by atoms with Crippen molar-refractivity contribution >= 4 is 23.9 Å². The van der Waals surface area contributed by atoms with Gasteiger partial charge in [-0.25, -0.2) is 19.2 Å². The largest absolute Gasteiger partial charge is 0.478 e. The first-order valence-electron chi connectivity index (χ1n) is 15.8. The van der Waals surface area contributed by atoms with Crippen LogP contribution in [0.15, 0.2) is 97.1 Å². The maximum absolute atomic E-state index is 11.5. The standard InChI is InChI=1S/C38H38N2O8/c41-35(42)29-13-5-25(6-14-29)21-39(22-26-7-15-30(16-8-26)36(43)44)33-3-1-2-4-34(33)40(23-27-9-17-31(18-10-27)37(45)46)24-28-11-19-32(20-12-28)38(47)48/h5-20,33-34H,1-4,21-24H2,(H,41,42)(H,43,44)(H,45,46)(H,47,48). The highest BCUT2D eigenvalue weighted by atomic mass is 16.4. The molecule has 4 N–H and O–H groups in total. The van der Waals surface area contributed by atoms with Crippen molar-refractivity contribution in [3.8, 4) is 0 Å². The number of nitrogens with zero attached hydrogens (tertiary/aromatic N) is 2. The topological polar surface area (TPSA) is 156 Å². The van der Waals surface area contributed by atoms with Crippen LogP contribution < -0.4 is 0 Å². The lowest BCUT2D eigenvalue weighted by Crippen LogP contribution is -2.52. The molecule has 0 heterocycles. The zero-order valence-corrected chi connectivity index (χ0v) is 26.4. The summed E-state index contributed by atoms with van der Waals surface area (Å²) >= 11 is 0. The average molecular weight is 651 g/mol. The van der Waals surface area contributed by atoms with Crippen LogP contribution in [0.4, 0.5) is 0 Å². The zero-order valence-electron chi connectivity index (χ0n) is 26.4. The number of hydrogen-bond donors (Lipinski definition) is 4. The van der Waals surface area contributed by atoms with Gasteiger partial charge in [0.2, 0.25) is 0 Å². The van der Waals surface area contributed by atoms with Crippen LogP contribution in [0.5, 0.6) is 0 Å². The van der Waals surface area contributed by atoms with Crippen LogP contribution in [-0.4, -0.2) is 66.2 Å². The summed E-state index contributed by atoms with van der Waals surface area (Å²) in [6, 6.07) is 27.6. The van der Waals surface area contributed by atoms with Crippen molar-refractivity contribution in [1.29, 1.82) is 0 Å². The number of aromatic carboxylic acids is 4. The Morgan fingerprint density at radius 1 is 0.417 bits per heavy atom. The normalized spacial score (nSPS) is 16.1. The second-order valence-electron chi connectivity index (χ2n) is 12.2. The maximum Gasteiger partial charge on any atom is 0.335 e. The van der Waals surface area contributed by atoms with Crippen molar-refractivity contribution in [3.05, 3.63) is 142 Å². The van der Waals surface area contributed by atoms with Crippen molar-refractivity contribution in [2.24, 2.45) is 0 Å². The van der Waals surface area contributed by atoms with Gasteiger partial charge in [-0.3, -0.25) is 9.80 Å². The van der Waals surface area contributed by atoms with E-state index in [-0.39, 0.29) is 34.3 Å². The molecule has 0 bridgehead atoms. The lowest BCUT2D eigenvalue weighted by molar-refractivity contribution is 0.0296. The fraction of sp³-hybridized carbons (Fsp3) is 0.263. The van der Waals surface area contributed by atoms with E-state index >= 15 is 0 Å². The number of carbonyl (C=O) groups is 4. The smallest absolute Gasteiger partial charge is 0.335 e. The van der Waals surface area contributed by atoms with Gasteiger partial charge in [-0.15, -0.1) is 0 Å². The first-order chi connectivity index (χ1) is 23.1. The maximum atomic E-state index is 11.5. The van der Waals surface area contributed by atoms with Gasteiger partial charge < -0.3 is 20.4 Å². The number of carboxylic acids is 4. The number of benzene rings is 4. The van der Waals surface area contributed by atoms with Gasteiger partial charge in [0.05, 0.1) is 22.3 Å². The molecule has 0 radical (unpaired) electrons. The molecule has 0 aromatic heterocycles. The Hall–Kier alpha value is -5.32. The zero-order chi connectivity index (χ0) is 34.2. The molecule has 10 nitrogen and oxygen atoms in total. The Bertz CT molecular complexity index is 1490. The molecule has 1 saturated carbocycles. The Kier molecular flexibility index (Phi) is 11.0. The van der Waals surface area contributed by atoms with Crippen LogP contribution in [0, 0.1) is 0 Å². The highest BCUT2D eigenvalue weighted by Gasteiger charge is 2.34. The lowest BCUT2D eigenvalue weighted by Gasteiger charge is -2.45. The van der Waals surface area contributed by atoms with Crippen molar-refractivity contribution in [2.45, 2.75) is 63.9 Å². The van der Waals surface area contributed by atoms with E-state index in [4.69, 9.17) is 0 Å². The molecule has 4 aromatic rings. The summed E-state index contributed by atoms with van der Waals surface area (Å²) in [6.07, 6.45) is 3.83. The molecule has 1 aliphatic rings. The molecule has 4 aromatic carbocycles. The van der Waals surface area contributed by atoms with Crippen LogP contribution in [0.1, 0.15) is 89.4 Å². The first-order valence-corrected chi connectivity index (χ1v) is 15.8. The van der Waals surface area contributed by atoms with Crippen LogP contribution in [0.25, 0.3) is 0 Å². The SMILES string of the molecule is O=C(O)c1ccc(CN(Cc2ccc(C(=O)O)cc2)C2CCCCC2N(Cc2ccc(C(=O)O)cc2)Cc2ccc(C(=O)O)cc2)cc1. The van der Waals surface area contributed by atoms with Gasteiger partial charge in [0.25, 0.3) is 0 Å². The fourth-order valence-electron chi connectivity index (χ4n) is 6.47. The second kappa shape index (κ2) is 15.5. The summed E-state index contributed by atoms with van der Waals surface area (Å²) in [6.45, 7) is 2.15. The van der Waals surface area contributed by atoms with E-state index in [1.807, 2.05) is 48.5 Å². The summed E-state index contributed by atoms with van der Waals surface area (Å²) in [5, 5.41) is 37.7. The molecule has 248 valence electrons. The monoisotopic (exact) mass is 650 g/mol. The van der Waals surface area contributed by atoms with Crippen molar-refractivity contribution < 1.29 is 39.6 Å². The van der Waals surface area contributed by atoms with E-state index in [1.165, 1.54) is 0 Å². The van der Waals surface area contributed by atoms with Crippen LogP contribution in [0.3, 0.4) is 0 Å². The van der Waals surface area contributed by atoms with Gasteiger partial charge in [-0.05, 0) is 83.6 Å². The number of carboxylic acid groups (broad SMARTS) is 4. The van der Waals surface area contributed by atoms with Crippen LogP contribution in [-0.2, 0) is 26.2 Å². The van der Waals surface area contributed by atoms with Crippen molar-refractivity contribution in [1.82, 2.24) is 9.80 Å². The predicted octanol–water partition coefficient (Wildman–Crippen LogP) is 6.50. The molecule has 0 aliphatic heterocycles. The Morgan fingerprint density at radius 3 is 0.812 bits per heavy atom. The molecule has 0 spiro atoms. The summed E-state index contributed by atoms with van der Waals surface area (Å²) in [4.78, 5) is 50.8. The van der Waals surface area contributed by atoms with Crippen LogP contribution >= 0.6 is 0 Å². The highest BCUT2D eigenvalue weighted by molar-refractivity contribution is 5.88. The molecule has 10 heteroatoms. The predicted molar refractivity (Wildman–Crippen MR) is 178 cm³/mol. The molecule has 2 unspecified atom stereocenters. The summed E-state index contributed by atoms with van der Waals surface area (Å²) in [5.74, 6) is -3.97. The Morgan fingerprint density at radius 2 is 0.625 bits per heavy atom. The fourth-order valence-corrected chi connectivity index (χ4v) is 6.47. The molecule has 1 fully saturated rings. The van der Waals surface area contributed by atoms with E-state index in [2.05, 4.69) is 9.80 Å². The lowest BCUT2D eigenvalue weighted by atomic mass is 9.86. The van der Waals surface area contributed by atoms with Gasteiger partial charge in [-0.1, -0.05) is 61.4 Å². The third kappa shape index (κ3) is 8.72. The quantitative estimate of drug-likeness (QED) is 0.119. The van der Waals surface area contributed by atoms with Crippen molar-refractivity contribution in [3.63, 3.8) is 0 Å². The minimum Gasteiger partial charge on any atom is -0.478 e. The summed E-state index contributed by atoms with van der Waals surface area (Å²) < 4.78 is 0. The number of hydrogen-bond acceptors (Lipinski definition) is 6. The molecule has 48 heavy (non-hydrogen) atoms. The summed E-state index contributed by atoms with van der Waals surface area (Å²) in [5.41, 5.74) is 4.63. The molecule has 2 atom stereocenters. The molecule has 1 aliphatic carbocycles. The van der Waals surface area contributed by atoms with Gasteiger partial charge in [0.15, 0.2) is 0 Å². The van der Waals surface area contributed by atoms with E-state index in [0.29, 0.717) is 26.2 Å². The van der Waals surface area contributed by atoms with E-state index in [1.54, 1.807) is 48.5 Å². The molecular formula is C38H38N2O8. The minimum absolute atomic E-state index is 0.0636. The van der Waals surface area contributed by atoms with Gasteiger partial charge in [0, 0.05) is 38.3 Å². The molecule has 0 amide bonds. The average Bonchev–Trinajstić information content (AvgIpc) is 3.08. The molecule has 0 saturated heterocycles. The number of rotatable bonds is 14. The highest BCUT2D eigenvalue weighted by Crippen LogP contribution is 2.32. The molecular weight excluding hydrogens is 612 g/mol. The minimum atomic E-state index is -0.993. The van der Waals surface area contributed by atoms with E-state index in [9.17, 15) is 39.6 Å². The van der Waals surface area contributed by atoms with Gasteiger partial charge >= 0.3 is 23.9 Å². The van der Waals surface area contributed by atoms with Crippen LogP contribution in [0.2, 0.25) is 0 Å². The van der Waals surface area contributed by atoms with E-state index < -0.39 is 23.9 Å². The van der Waals surface area contributed by atoms with Gasteiger partial charge in [-0.2, -0.15) is 0 Å². The van der Waals surface area contributed by atoms with E-state index in [0.717, 1.165) is 47.9 Å². The Balaban J connectivity index is 1.50.